The third-order valence-corrected chi connectivity index (χ3v) is 6.12. The molecule has 1 atom stereocenters. The Kier molecular flexibility index (Phi) is 4.32. The number of hydrogen-bond acceptors (Lipinski definition) is 3. The van der Waals surface area contributed by atoms with Crippen molar-refractivity contribution in [1.29, 1.82) is 0 Å². The van der Waals surface area contributed by atoms with Gasteiger partial charge in [-0.1, -0.05) is 29.8 Å². The van der Waals surface area contributed by atoms with E-state index < -0.39 is 6.04 Å². The van der Waals surface area contributed by atoms with Gasteiger partial charge in [0.2, 0.25) is 11.8 Å². The highest BCUT2D eigenvalue weighted by molar-refractivity contribution is 6.30. The number of amides is 3. The standard InChI is InChI=1S/C22H20ClN3O3/c23-16-6-3-13(4-7-16)15-5-8-18-17(11-15)22(29)26-10-9-25(21(28)14-1-2-14)12-19(26)20(27)24-18/h3-8,11,14,19H,1-2,9-10,12H2,(H,24,27)/t19-/m1/s1. The van der Waals surface area contributed by atoms with Crippen LogP contribution in [0.3, 0.4) is 0 Å². The monoisotopic (exact) mass is 409 g/mol. The zero-order chi connectivity index (χ0) is 20.1. The zero-order valence-corrected chi connectivity index (χ0v) is 16.5. The van der Waals surface area contributed by atoms with Crippen LogP contribution in [0.1, 0.15) is 23.2 Å². The van der Waals surface area contributed by atoms with Gasteiger partial charge in [0, 0.05) is 24.0 Å². The van der Waals surface area contributed by atoms with Crippen molar-refractivity contribution < 1.29 is 14.4 Å². The van der Waals surface area contributed by atoms with Crippen LogP contribution < -0.4 is 5.32 Å². The first-order valence-corrected chi connectivity index (χ1v) is 10.2. The van der Waals surface area contributed by atoms with Crippen LogP contribution in [-0.2, 0) is 9.59 Å². The number of fused-ring (bicyclic) bond motifs is 2. The second-order valence-corrected chi connectivity index (χ2v) is 8.27. The molecule has 3 amide bonds. The van der Waals surface area contributed by atoms with Crippen molar-refractivity contribution in [2.75, 3.05) is 25.0 Å². The van der Waals surface area contributed by atoms with Gasteiger partial charge in [-0.25, -0.2) is 0 Å². The lowest BCUT2D eigenvalue weighted by molar-refractivity contribution is -0.136. The number of rotatable bonds is 2. The third-order valence-electron chi connectivity index (χ3n) is 5.87. The summed E-state index contributed by atoms with van der Waals surface area (Å²) in [5, 5.41) is 3.53. The molecule has 2 fully saturated rings. The van der Waals surface area contributed by atoms with E-state index in [2.05, 4.69) is 5.32 Å². The van der Waals surface area contributed by atoms with Crippen molar-refractivity contribution in [3.05, 3.63) is 53.1 Å². The molecule has 2 aromatic carbocycles. The minimum atomic E-state index is -0.662. The number of carbonyl (C=O) groups excluding carboxylic acids is 3. The van der Waals surface area contributed by atoms with Crippen molar-refractivity contribution in [3.63, 3.8) is 0 Å². The molecule has 0 aromatic heterocycles. The van der Waals surface area contributed by atoms with Crippen LogP contribution >= 0.6 is 11.6 Å². The Morgan fingerprint density at radius 2 is 1.72 bits per heavy atom. The van der Waals surface area contributed by atoms with E-state index in [9.17, 15) is 14.4 Å². The van der Waals surface area contributed by atoms with Gasteiger partial charge in [0.05, 0.1) is 17.8 Å². The molecule has 2 aromatic rings. The fraction of sp³-hybridized carbons (Fsp3) is 0.318. The summed E-state index contributed by atoms with van der Waals surface area (Å²) in [5.74, 6) is -0.218. The number of piperazine rings is 1. The Balaban J connectivity index is 1.45. The molecule has 5 rings (SSSR count). The van der Waals surface area contributed by atoms with Gasteiger partial charge in [-0.15, -0.1) is 0 Å². The van der Waals surface area contributed by atoms with Crippen molar-refractivity contribution in [1.82, 2.24) is 9.80 Å². The summed E-state index contributed by atoms with van der Waals surface area (Å²) >= 11 is 5.97. The van der Waals surface area contributed by atoms with Crippen molar-refractivity contribution in [3.8, 4) is 11.1 Å². The number of carbonyl (C=O) groups is 3. The molecule has 0 radical (unpaired) electrons. The van der Waals surface area contributed by atoms with Gasteiger partial charge < -0.3 is 15.1 Å². The number of nitrogens with zero attached hydrogens (tertiary/aromatic N) is 2. The number of hydrogen-bond donors (Lipinski definition) is 1. The van der Waals surface area contributed by atoms with Crippen LogP contribution in [0.15, 0.2) is 42.5 Å². The minimum absolute atomic E-state index is 0.102. The highest BCUT2D eigenvalue weighted by Crippen LogP contribution is 2.34. The number of halogens is 1. The van der Waals surface area contributed by atoms with Crippen molar-refractivity contribution >= 4 is 35.0 Å². The third kappa shape index (κ3) is 3.27. The maximum absolute atomic E-state index is 13.3. The molecule has 1 saturated heterocycles. The van der Waals surface area contributed by atoms with Gasteiger partial charge in [-0.2, -0.15) is 0 Å². The molecule has 1 N–H and O–H groups in total. The van der Waals surface area contributed by atoms with E-state index >= 15 is 0 Å². The SMILES string of the molecule is O=C1Nc2ccc(-c3ccc(Cl)cc3)cc2C(=O)N2CCN(C(=O)C3CC3)C[C@H]12. The van der Waals surface area contributed by atoms with E-state index in [4.69, 9.17) is 11.6 Å². The molecule has 0 bridgehead atoms. The van der Waals surface area contributed by atoms with E-state index in [1.807, 2.05) is 24.3 Å². The quantitative estimate of drug-likeness (QED) is 0.828. The molecule has 0 unspecified atom stereocenters. The first-order valence-electron chi connectivity index (χ1n) is 9.82. The molecular formula is C22H20ClN3O3. The first kappa shape index (κ1) is 18.2. The van der Waals surface area contributed by atoms with Gasteiger partial charge in [0.1, 0.15) is 6.04 Å². The summed E-state index contributed by atoms with van der Waals surface area (Å²) in [5.41, 5.74) is 2.79. The van der Waals surface area contributed by atoms with Crippen LogP contribution in [0.5, 0.6) is 0 Å². The maximum atomic E-state index is 13.3. The van der Waals surface area contributed by atoms with Gasteiger partial charge >= 0.3 is 0 Å². The van der Waals surface area contributed by atoms with E-state index in [1.54, 1.807) is 28.0 Å². The Morgan fingerprint density at radius 1 is 1.00 bits per heavy atom. The summed E-state index contributed by atoms with van der Waals surface area (Å²) < 4.78 is 0. The lowest BCUT2D eigenvalue weighted by Crippen LogP contribution is -2.59. The predicted octanol–water partition coefficient (Wildman–Crippen LogP) is 3.02. The first-order chi connectivity index (χ1) is 14.0. The molecule has 2 heterocycles. The molecule has 7 heteroatoms. The molecule has 29 heavy (non-hydrogen) atoms. The molecule has 1 aliphatic carbocycles. The van der Waals surface area contributed by atoms with Crippen LogP contribution in [0, 0.1) is 5.92 Å². The fourth-order valence-corrected chi connectivity index (χ4v) is 4.19. The largest absolute Gasteiger partial charge is 0.338 e. The smallest absolute Gasteiger partial charge is 0.256 e. The van der Waals surface area contributed by atoms with Gasteiger partial charge in [-0.05, 0) is 48.2 Å². The second kappa shape index (κ2) is 6.88. The lowest BCUT2D eigenvalue weighted by Gasteiger charge is -2.39. The Hall–Kier alpha value is -2.86. The molecule has 2 aliphatic heterocycles. The number of nitrogens with one attached hydrogen (secondary N) is 1. The van der Waals surface area contributed by atoms with E-state index in [1.165, 1.54) is 0 Å². The molecule has 6 nitrogen and oxygen atoms in total. The average Bonchev–Trinajstić information content (AvgIpc) is 3.58. The molecule has 148 valence electrons. The normalized spacial score (nSPS) is 21.2. The van der Waals surface area contributed by atoms with Crippen LogP contribution in [0.2, 0.25) is 5.02 Å². The van der Waals surface area contributed by atoms with E-state index in [-0.39, 0.29) is 30.2 Å². The minimum Gasteiger partial charge on any atom is -0.338 e. The highest BCUT2D eigenvalue weighted by atomic mass is 35.5. The Labute approximate surface area is 173 Å². The Morgan fingerprint density at radius 3 is 2.45 bits per heavy atom. The predicted molar refractivity (Wildman–Crippen MR) is 110 cm³/mol. The molecule has 0 spiro atoms. The summed E-state index contributed by atoms with van der Waals surface area (Å²) in [7, 11) is 0. The molecule has 1 saturated carbocycles. The van der Waals surface area contributed by atoms with Gasteiger partial charge in [0.25, 0.3) is 5.91 Å². The lowest BCUT2D eigenvalue weighted by atomic mass is 10.0. The zero-order valence-electron chi connectivity index (χ0n) is 15.7. The van der Waals surface area contributed by atoms with Gasteiger partial charge in [-0.3, -0.25) is 14.4 Å². The fourth-order valence-electron chi connectivity index (χ4n) is 4.06. The summed E-state index contributed by atoms with van der Waals surface area (Å²) in [6.45, 7) is 1.09. The second-order valence-electron chi connectivity index (χ2n) is 7.83. The number of benzene rings is 2. The number of anilines is 1. The topological polar surface area (TPSA) is 69.7 Å². The average molecular weight is 410 g/mol. The summed E-state index contributed by atoms with van der Waals surface area (Å²) in [6, 6.07) is 12.2. The van der Waals surface area contributed by atoms with Gasteiger partial charge in [0.15, 0.2) is 0 Å². The summed E-state index contributed by atoms with van der Waals surface area (Å²) in [6.07, 6.45) is 1.85. The van der Waals surface area contributed by atoms with Crippen LogP contribution in [0.4, 0.5) is 5.69 Å². The Bertz CT molecular complexity index is 1020. The van der Waals surface area contributed by atoms with Crippen molar-refractivity contribution in [2.45, 2.75) is 18.9 Å². The molecule has 3 aliphatic rings. The van der Waals surface area contributed by atoms with E-state index in [0.717, 1.165) is 24.0 Å². The van der Waals surface area contributed by atoms with Crippen LogP contribution in [0.25, 0.3) is 11.1 Å². The maximum Gasteiger partial charge on any atom is 0.256 e. The van der Waals surface area contributed by atoms with Crippen molar-refractivity contribution in [2.24, 2.45) is 5.92 Å². The summed E-state index contributed by atoms with van der Waals surface area (Å²) in [4.78, 5) is 41.9. The van der Waals surface area contributed by atoms with E-state index in [0.29, 0.717) is 29.4 Å². The molecular weight excluding hydrogens is 390 g/mol. The highest BCUT2D eigenvalue weighted by Gasteiger charge is 2.43. The van der Waals surface area contributed by atoms with Crippen LogP contribution in [-0.4, -0.2) is 53.2 Å².